The Kier molecular flexibility index (Phi) is 4.46. The van der Waals surface area contributed by atoms with E-state index in [0.29, 0.717) is 5.78 Å². The first-order chi connectivity index (χ1) is 9.70. The maximum atomic E-state index is 12.9. The van der Waals surface area contributed by atoms with Gasteiger partial charge in [-0.25, -0.2) is 0 Å². The van der Waals surface area contributed by atoms with Crippen molar-refractivity contribution >= 4 is 5.78 Å². The van der Waals surface area contributed by atoms with Crippen molar-refractivity contribution in [3.63, 3.8) is 0 Å². The van der Waals surface area contributed by atoms with E-state index in [1.807, 2.05) is 0 Å². The van der Waals surface area contributed by atoms with Crippen LogP contribution in [0.3, 0.4) is 0 Å². The minimum absolute atomic E-state index is 0.0373. The topological polar surface area (TPSA) is 52.3 Å². The molecule has 1 heterocycles. The van der Waals surface area contributed by atoms with Gasteiger partial charge in [-0.3, -0.25) is 4.79 Å². The van der Waals surface area contributed by atoms with Gasteiger partial charge in [0.1, 0.15) is 5.78 Å². The number of rotatable bonds is 2. The molecule has 20 heavy (non-hydrogen) atoms. The molecule has 0 aromatic rings. The smallest absolute Gasteiger partial charge is 0.140 e. The van der Waals surface area contributed by atoms with Crippen LogP contribution in [-0.4, -0.2) is 24.0 Å². The third kappa shape index (κ3) is 2.94. The van der Waals surface area contributed by atoms with E-state index in [1.54, 1.807) is 0 Å². The predicted molar refractivity (Wildman–Crippen MR) is 79.4 cm³/mol. The first kappa shape index (κ1) is 14.5. The van der Waals surface area contributed by atoms with Crippen LogP contribution in [0.1, 0.15) is 70.6 Å². The van der Waals surface area contributed by atoms with Crippen molar-refractivity contribution in [3.8, 4) is 0 Å². The molecule has 3 heteroatoms. The summed E-state index contributed by atoms with van der Waals surface area (Å²) in [6.07, 6.45) is 12.5. The summed E-state index contributed by atoms with van der Waals surface area (Å²) in [4.78, 5) is 12.9. The molecule has 3 nitrogen and oxygen atoms in total. The molecule has 0 bridgehead atoms. The van der Waals surface area contributed by atoms with Gasteiger partial charge in [0.05, 0.1) is 5.60 Å². The lowest BCUT2D eigenvalue weighted by atomic mass is 9.71. The van der Waals surface area contributed by atoms with E-state index >= 15 is 0 Å². The molecule has 114 valence electrons. The van der Waals surface area contributed by atoms with Crippen LogP contribution in [0.5, 0.6) is 0 Å². The van der Waals surface area contributed by atoms with Gasteiger partial charge in [0.25, 0.3) is 0 Å². The van der Waals surface area contributed by atoms with E-state index in [4.69, 9.17) is 10.5 Å². The molecule has 2 saturated carbocycles. The van der Waals surface area contributed by atoms with Gasteiger partial charge in [0.15, 0.2) is 0 Å². The second-order valence-corrected chi connectivity index (χ2v) is 7.24. The number of nitrogens with two attached hydrogens (primary N) is 1. The first-order valence-electron chi connectivity index (χ1n) is 8.63. The zero-order valence-electron chi connectivity index (χ0n) is 12.6. The van der Waals surface area contributed by atoms with Crippen molar-refractivity contribution in [3.05, 3.63) is 0 Å². The number of Topliss-reactive ketones (excluding diaryl/α,β-unsaturated/α-hetero) is 1. The van der Waals surface area contributed by atoms with Crippen LogP contribution in [0, 0.1) is 11.8 Å². The number of carbonyl (C=O) groups excluding carboxylic acids is 1. The molecule has 1 saturated heterocycles. The first-order valence-corrected chi connectivity index (χ1v) is 8.63. The van der Waals surface area contributed by atoms with Crippen molar-refractivity contribution in [1.82, 2.24) is 0 Å². The maximum absolute atomic E-state index is 12.9. The van der Waals surface area contributed by atoms with Crippen LogP contribution in [-0.2, 0) is 9.53 Å². The molecule has 0 amide bonds. The summed E-state index contributed by atoms with van der Waals surface area (Å²) in [5.74, 6) is 0.814. The molecule has 3 unspecified atom stereocenters. The fourth-order valence-electron chi connectivity index (χ4n) is 4.63. The van der Waals surface area contributed by atoms with E-state index in [1.165, 1.54) is 32.1 Å². The molecule has 3 atom stereocenters. The molecule has 2 aliphatic carbocycles. The molecule has 3 aliphatic rings. The minimum Gasteiger partial charge on any atom is -0.375 e. The van der Waals surface area contributed by atoms with Gasteiger partial charge in [-0.2, -0.15) is 0 Å². The number of ketones is 1. The summed E-state index contributed by atoms with van der Waals surface area (Å²) in [6, 6.07) is 0.112. The maximum Gasteiger partial charge on any atom is 0.140 e. The monoisotopic (exact) mass is 279 g/mol. The molecule has 3 fully saturated rings. The SMILES string of the molecule is NC1CCCCC1C(=O)C1CCOC2(CCCCC2)C1. The Bertz CT molecular complexity index is 343. The second-order valence-electron chi connectivity index (χ2n) is 7.24. The van der Waals surface area contributed by atoms with E-state index in [-0.39, 0.29) is 23.5 Å². The van der Waals surface area contributed by atoms with Crippen LogP contribution in [0.4, 0.5) is 0 Å². The largest absolute Gasteiger partial charge is 0.375 e. The number of hydrogen-bond acceptors (Lipinski definition) is 3. The van der Waals surface area contributed by atoms with Crippen LogP contribution in [0.2, 0.25) is 0 Å². The van der Waals surface area contributed by atoms with Crippen molar-refractivity contribution in [2.24, 2.45) is 17.6 Å². The quantitative estimate of drug-likeness (QED) is 0.844. The predicted octanol–water partition coefficient (Wildman–Crippen LogP) is 3.20. The number of carbonyl (C=O) groups is 1. The Morgan fingerprint density at radius 2 is 1.75 bits per heavy atom. The van der Waals surface area contributed by atoms with E-state index in [0.717, 1.165) is 45.1 Å². The highest BCUT2D eigenvalue weighted by atomic mass is 16.5. The highest BCUT2D eigenvalue weighted by molar-refractivity contribution is 5.84. The second kappa shape index (κ2) is 6.15. The molecule has 0 radical (unpaired) electrons. The van der Waals surface area contributed by atoms with Crippen molar-refractivity contribution in [2.75, 3.05) is 6.61 Å². The third-order valence-corrected chi connectivity index (χ3v) is 5.84. The molecule has 1 spiro atoms. The standard InChI is InChI=1S/C17H29NO2/c18-15-7-3-2-6-14(15)16(19)13-8-11-20-17(12-13)9-4-1-5-10-17/h13-15H,1-12,18H2. The molecular formula is C17H29NO2. The summed E-state index contributed by atoms with van der Waals surface area (Å²) in [6.45, 7) is 0.776. The molecule has 0 aromatic heterocycles. The Morgan fingerprint density at radius 3 is 2.50 bits per heavy atom. The van der Waals surface area contributed by atoms with Gasteiger partial charge < -0.3 is 10.5 Å². The molecule has 1 aliphatic heterocycles. The van der Waals surface area contributed by atoms with Gasteiger partial charge in [-0.05, 0) is 38.5 Å². The van der Waals surface area contributed by atoms with Crippen LogP contribution in [0.15, 0.2) is 0 Å². The molecule has 3 rings (SSSR count). The Morgan fingerprint density at radius 1 is 1.00 bits per heavy atom. The minimum atomic E-state index is 0.0373. The van der Waals surface area contributed by atoms with E-state index < -0.39 is 0 Å². The van der Waals surface area contributed by atoms with Crippen LogP contribution >= 0.6 is 0 Å². The lowest BCUT2D eigenvalue weighted by Gasteiger charge is -2.44. The number of ether oxygens (including phenoxy) is 1. The lowest BCUT2D eigenvalue weighted by Crippen LogP contribution is -2.47. The Hall–Kier alpha value is -0.410. The molecule has 2 N–H and O–H groups in total. The van der Waals surface area contributed by atoms with E-state index in [2.05, 4.69) is 0 Å². The summed E-state index contributed by atoms with van der Waals surface area (Å²) >= 11 is 0. The fourth-order valence-corrected chi connectivity index (χ4v) is 4.63. The Balaban J connectivity index is 1.65. The average Bonchev–Trinajstić information content (AvgIpc) is 2.48. The fraction of sp³-hybridized carbons (Fsp3) is 0.941. The highest BCUT2D eigenvalue weighted by Gasteiger charge is 2.43. The van der Waals surface area contributed by atoms with Gasteiger partial charge >= 0.3 is 0 Å². The van der Waals surface area contributed by atoms with Crippen LogP contribution in [0.25, 0.3) is 0 Å². The summed E-state index contributed by atoms with van der Waals surface area (Å²) < 4.78 is 6.12. The van der Waals surface area contributed by atoms with E-state index in [9.17, 15) is 4.79 Å². The van der Waals surface area contributed by atoms with Gasteiger partial charge in [-0.1, -0.05) is 32.1 Å². The molecule has 0 aromatic carbocycles. The summed E-state index contributed by atoms with van der Waals surface area (Å²) in [7, 11) is 0. The van der Waals surface area contributed by atoms with Gasteiger partial charge in [0.2, 0.25) is 0 Å². The highest BCUT2D eigenvalue weighted by Crippen LogP contribution is 2.42. The van der Waals surface area contributed by atoms with Crippen molar-refractivity contribution < 1.29 is 9.53 Å². The zero-order chi connectivity index (χ0) is 14.0. The van der Waals surface area contributed by atoms with Crippen molar-refractivity contribution in [2.45, 2.75) is 82.3 Å². The molecular weight excluding hydrogens is 250 g/mol. The summed E-state index contributed by atoms with van der Waals surface area (Å²) in [5, 5.41) is 0. The normalized spacial score (nSPS) is 37.8. The van der Waals surface area contributed by atoms with Crippen molar-refractivity contribution in [1.29, 1.82) is 0 Å². The lowest BCUT2D eigenvalue weighted by molar-refractivity contribution is -0.147. The van der Waals surface area contributed by atoms with Crippen LogP contribution < -0.4 is 5.73 Å². The summed E-state index contributed by atoms with van der Waals surface area (Å²) in [5.41, 5.74) is 6.24. The third-order valence-electron chi connectivity index (χ3n) is 5.84. The number of hydrogen-bond donors (Lipinski definition) is 1. The van der Waals surface area contributed by atoms with Gasteiger partial charge in [-0.15, -0.1) is 0 Å². The van der Waals surface area contributed by atoms with Gasteiger partial charge in [0, 0.05) is 24.5 Å². The Labute approximate surface area is 122 Å². The average molecular weight is 279 g/mol. The zero-order valence-corrected chi connectivity index (χ0v) is 12.6.